The van der Waals surface area contributed by atoms with Gasteiger partial charge in [0.2, 0.25) is 0 Å². The SMILES string of the molecule is N[C@@H](CSS[C@H]1CCN([C@H](C(=O)C2CC2)c2ccccc2F)C/C1=C/C(=O)O)C(=O)O. The van der Waals surface area contributed by atoms with E-state index in [0.717, 1.165) is 18.9 Å². The third-order valence-electron chi connectivity index (χ3n) is 5.35. The van der Waals surface area contributed by atoms with Crippen LogP contribution >= 0.6 is 21.6 Å². The molecular formula is C21H25FN2O5S2. The van der Waals surface area contributed by atoms with E-state index < -0.39 is 29.8 Å². The molecule has 3 rings (SSSR count). The van der Waals surface area contributed by atoms with Crippen LogP contribution in [-0.4, -0.2) is 63.0 Å². The maximum absolute atomic E-state index is 14.6. The third kappa shape index (κ3) is 6.31. The molecule has 3 atom stereocenters. The van der Waals surface area contributed by atoms with Crippen molar-refractivity contribution >= 4 is 39.3 Å². The summed E-state index contributed by atoms with van der Waals surface area (Å²) in [5.74, 6) is -2.52. The van der Waals surface area contributed by atoms with Crippen molar-refractivity contribution in [2.24, 2.45) is 11.7 Å². The number of nitrogens with zero attached hydrogens (tertiary/aromatic N) is 1. The molecule has 1 aliphatic heterocycles. The molecule has 0 unspecified atom stereocenters. The van der Waals surface area contributed by atoms with Crippen LogP contribution in [0.25, 0.3) is 0 Å². The van der Waals surface area contributed by atoms with Gasteiger partial charge in [-0.15, -0.1) is 0 Å². The summed E-state index contributed by atoms with van der Waals surface area (Å²) >= 11 is 0. The van der Waals surface area contributed by atoms with E-state index in [-0.39, 0.29) is 29.2 Å². The second-order valence-corrected chi connectivity index (χ2v) is 10.3. The van der Waals surface area contributed by atoms with Crippen molar-refractivity contribution in [1.29, 1.82) is 0 Å². The van der Waals surface area contributed by atoms with Crippen molar-refractivity contribution in [1.82, 2.24) is 4.90 Å². The van der Waals surface area contributed by atoms with E-state index in [1.165, 1.54) is 27.7 Å². The number of carboxylic acid groups (broad SMARTS) is 2. The van der Waals surface area contributed by atoms with Crippen LogP contribution in [-0.2, 0) is 14.4 Å². The number of rotatable bonds is 10. The minimum absolute atomic E-state index is 0.0207. The first-order chi connectivity index (χ1) is 14.8. The molecule has 168 valence electrons. The summed E-state index contributed by atoms with van der Waals surface area (Å²) in [7, 11) is 2.68. The Hall–Kier alpha value is -1.88. The molecule has 1 aliphatic carbocycles. The fourth-order valence-electron chi connectivity index (χ4n) is 3.60. The first-order valence-electron chi connectivity index (χ1n) is 10.00. The second kappa shape index (κ2) is 10.6. The largest absolute Gasteiger partial charge is 0.480 e. The van der Waals surface area contributed by atoms with Gasteiger partial charge < -0.3 is 15.9 Å². The average molecular weight is 469 g/mol. The monoisotopic (exact) mass is 468 g/mol. The molecule has 0 spiro atoms. The minimum Gasteiger partial charge on any atom is -0.480 e. The van der Waals surface area contributed by atoms with E-state index >= 15 is 0 Å². The molecule has 0 bridgehead atoms. The maximum Gasteiger partial charge on any atom is 0.328 e. The van der Waals surface area contributed by atoms with Crippen molar-refractivity contribution in [3.63, 3.8) is 0 Å². The molecule has 0 aromatic heterocycles. The Morgan fingerprint density at radius 2 is 1.94 bits per heavy atom. The standard InChI is InChI=1S/C21H25FN2O5S2/c22-15-4-2-1-3-14(15)19(20(27)12-5-6-12)24-8-7-17(13(10-24)9-18(25)26)31-30-11-16(23)21(28)29/h1-4,9,12,16-17,19H,5-8,10-11,23H2,(H,25,26)(H,28,29)/b13-9-/t16-,17-,19-/m0/s1. The quantitative estimate of drug-likeness (QED) is 0.351. The normalized spacial score (nSPS) is 22.8. The number of benzene rings is 1. The molecule has 7 nitrogen and oxygen atoms in total. The number of hydrogen-bond acceptors (Lipinski definition) is 7. The number of nitrogens with two attached hydrogens (primary N) is 1. The summed E-state index contributed by atoms with van der Waals surface area (Å²) in [6.45, 7) is 0.727. The summed E-state index contributed by atoms with van der Waals surface area (Å²) in [5.41, 5.74) is 6.47. The summed E-state index contributed by atoms with van der Waals surface area (Å²) in [4.78, 5) is 37.2. The van der Waals surface area contributed by atoms with E-state index in [1.54, 1.807) is 18.2 Å². The molecule has 1 heterocycles. The van der Waals surface area contributed by atoms with Crippen molar-refractivity contribution in [3.8, 4) is 0 Å². The Morgan fingerprint density at radius 1 is 1.23 bits per heavy atom. The molecule has 10 heteroatoms. The Kier molecular flexibility index (Phi) is 8.15. The number of carbonyl (C=O) groups excluding carboxylic acids is 1. The zero-order chi connectivity index (χ0) is 22.5. The minimum atomic E-state index is -1.09. The van der Waals surface area contributed by atoms with Crippen LogP contribution < -0.4 is 5.73 Å². The van der Waals surface area contributed by atoms with Gasteiger partial charge in [-0.3, -0.25) is 14.5 Å². The molecule has 2 aliphatic rings. The van der Waals surface area contributed by atoms with Gasteiger partial charge in [-0.25, -0.2) is 9.18 Å². The summed E-state index contributed by atoms with van der Waals surface area (Å²) in [6.07, 6.45) is 3.30. The highest BCUT2D eigenvalue weighted by molar-refractivity contribution is 8.77. The molecule has 2 fully saturated rings. The van der Waals surface area contributed by atoms with Crippen LogP contribution in [0.1, 0.15) is 30.9 Å². The lowest BCUT2D eigenvalue weighted by molar-refractivity contribution is -0.138. The van der Waals surface area contributed by atoms with Crippen LogP contribution in [0.2, 0.25) is 0 Å². The van der Waals surface area contributed by atoms with Crippen LogP contribution in [0.15, 0.2) is 35.9 Å². The summed E-state index contributed by atoms with van der Waals surface area (Å²) in [6, 6.07) is 4.49. The number of Topliss-reactive ketones (excluding diaryl/α,β-unsaturated/α-hetero) is 1. The number of piperidine rings is 1. The third-order valence-corrected chi connectivity index (χ3v) is 8.27. The van der Waals surface area contributed by atoms with Crippen LogP contribution in [0, 0.1) is 11.7 Å². The van der Waals surface area contributed by atoms with Crippen molar-refractivity contribution < 1.29 is 29.0 Å². The van der Waals surface area contributed by atoms with Gasteiger partial charge in [0.05, 0.1) is 6.04 Å². The van der Waals surface area contributed by atoms with Gasteiger partial charge in [-0.2, -0.15) is 0 Å². The molecule has 0 radical (unpaired) electrons. The van der Waals surface area contributed by atoms with Gasteiger partial charge in [-0.1, -0.05) is 39.8 Å². The zero-order valence-electron chi connectivity index (χ0n) is 16.8. The van der Waals surface area contributed by atoms with Gasteiger partial charge in [0, 0.05) is 41.6 Å². The van der Waals surface area contributed by atoms with Crippen LogP contribution in [0.5, 0.6) is 0 Å². The van der Waals surface area contributed by atoms with E-state index in [1.807, 2.05) is 4.90 Å². The smallest absolute Gasteiger partial charge is 0.328 e. The van der Waals surface area contributed by atoms with Crippen LogP contribution in [0.4, 0.5) is 4.39 Å². The predicted octanol–water partition coefficient (Wildman–Crippen LogP) is 2.72. The van der Waals surface area contributed by atoms with E-state index in [2.05, 4.69) is 0 Å². The van der Waals surface area contributed by atoms with Crippen molar-refractivity contribution in [2.75, 3.05) is 18.8 Å². The van der Waals surface area contributed by atoms with E-state index in [9.17, 15) is 23.9 Å². The summed E-state index contributed by atoms with van der Waals surface area (Å²) < 4.78 is 14.6. The number of carboxylic acids is 2. The number of aliphatic carboxylic acids is 2. The highest BCUT2D eigenvalue weighted by Gasteiger charge is 2.41. The molecule has 31 heavy (non-hydrogen) atoms. The number of likely N-dealkylation sites (tertiary alicyclic amines) is 1. The van der Waals surface area contributed by atoms with Crippen molar-refractivity contribution in [3.05, 3.63) is 47.3 Å². The molecular weight excluding hydrogens is 443 g/mol. The van der Waals surface area contributed by atoms with Gasteiger partial charge in [0.25, 0.3) is 0 Å². The van der Waals surface area contributed by atoms with E-state index in [4.69, 9.17) is 10.8 Å². The van der Waals surface area contributed by atoms with Crippen LogP contribution in [0.3, 0.4) is 0 Å². The Labute approximate surface area is 187 Å². The number of halogens is 1. The lowest BCUT2D eigenvalue weighted by Gasteiger charge is -2.38. The van der Waals surface area contributed by atoms with Gasteiger partial charge in [-0.05, 0) is 30.9 Å². The fraction of sp³-hybridized carbons (Fsp3) is 0.476. The molecule has 4 N–H and O–H groups in total. The molecule has 1 saturated heterocycles. The lowest BCUT2D eigenvalue weighted by atomic mass is 9.93. The molecule has 1 saturated carbocycles. The highest BCUT2D eigenvalue weighted by atomic mass is 33.1. The Balaban J connectivity index is 1.77. The maximum atomic E-state index is 14.6. The topological polar surface area (TPSA) is 121 Å². The number of hydrogen-bond donors (Lipinski definition) is 3. The predicted molar refractivity (Wildman–Crippen MR) is 118 cm³/mol. The van der Waals surface area contributed by atoms with Crippen molar-refractivity contribution in [2.45, 2.75) is 36.6 Å². The molecule has 0 amide bonds. The zero-order valence-corrected chi connectivity index (χ0v) is 18.4. The first-order valence-corrected chi connectivity index (χ1v) is 12.4. The molecule has 1 aromatic rings. The van der Waals surface area contributed by atoms with Gasteiger partial charge in [0.15, 0.2) is 5.78 Å². The Morgan fingerprint density at radius 3 is 2.55 bits per heavy atom. The van der Waals surface area contributed by atoms with Gasteiger partial charge in [0.1, 0.15) is 11.9 Å². The first kappa shape index (κ1) is 23.8. The second-order valence-electron chi connectivity index (χ2n) is 7.73. The average Bonchev–Trinajstić information content (AvgIpc) is 3.55. The number of ketones is 1. The Bertz CT molecular complexity index is 877. The van der Waals surface area contributed by atoms with Gasteiger partial charge >= 0.3 is 11.9 Å². The fourth-order valence-corrected chi connectivity index (χ4v) is 6.42. The molecule has 1 aromatic carbocycles. The summed E-state index contributed by atoms with van der Waals surface area (Å²) in [5, 5.41) is 18.1. The highest BCUT2D eigenvalue weighted by Crippen LogP contribution is 2.42. The number of carbonyl (C=O) groups is 3. The van der Waals surface area contributed by atoms with E-state index in [0.29, 0.717) is 24.1 Å². The lowest BCUT2D eigenvalue weighted by Crippen LogP contribution is -2.43.